The number of carbonyl (C=O) groups is 1. The summed E-state index contributed by atoms with van der Waals surface area (Å²) in [6, 6.07) is 7.48. The van der Waals surface area contributed by atoms with Crippen molar-refractivity contribution in [2.75, 3.05) is 31.1 Å². The van der Waals surface area contributed by atoms with Gasteiger partial charge in [-0.05, 0) is 18.2 Å². The lowest BCUT2D eigenvalue weighted by molar-refractivity contribution is 0.100. The highest BCUT2D eigenvalue weighted by molar-refractivity contribution is 5.93. The van der Waals surface area contributed by atoms with E-state index in [1.54, 1.807) is 6.07 Å². The zero-order valence-electron chi connectivity index (χ0n) is 9.39. The molecule has 0 spiro atoms. The molecule has 1 aliphatic heterocycles. The Morgan fingerprint density at radius 3 is 2.47 bits per heavy atom. The third-order valence-electron chi connectivity index (χ3n) is 2.61. The van der Waals surface area contributed by atoms with Crippen molar-refractivity contribution < 1.29 is 4.79 Å². The normalized spacial score (nSPS) is 14.5. The second-order valence-electron chi connectivity index (χ2n) is 3.65. The fourth-order valence-electron chi connectivity index (χ4n) is 1.78. The summed E-state index contributed by atoms with van der Waals surface area (Å²) in [7, 11) is 0. The number of carbonyl (C=O) groups excluding carboxylic acids is 1. The van der Waals surface area contributed by atoms with Gasteiger partial charge >= 0.3 is 0 Å². The van der Waals surface area contributed by atoms with Crippen LogP contribution in [0.5, 0.6) is 0 Å². The molecule has 1 aromatic carbocycles. The minimum atomic E-state index is -0.369. The monoisotopic (exact) mass is 277 g/mol. The van der Waals surface area contributed by atoms with Gasteiger partial charge in [0.2, 0.25) is 5.91 Å². The van der Waals surface area contributed by atoms with Crippen LogP contribution < -0.4 is 16.0 Å². The smallest absolute Gasteiger partial charge is 0.248 e. The number of anilines is 1. The fraction of sp³-hybridized carbons (Fsp3) is 0.364. The van der Waals surface area contributed by atoms with Gasteiger partial charge in [-0.1, -0.05) is 6.07 Å². The van der Waals surface area contributed by atoms with E-state index in [2.05, 4.69) is 10.2 Å². The van der Waals surface area contributed by atoms with Crippen LogP contribution in [0.2, 0.25) is 0 Å². The Morgan fingerprint density at radius 1 is 1.24 bits per heavy atom. The molecule has 1 fully saturated rings. The van der Waals surface area contributed by atoms with Crippen molar-refractivity contribution in [3.8, 4) is 0 Å². The summed E-state index contributed by atoms with van der Waals surface area (Å²) in [6.45, 7) is 3.92. The predicted molar refractivity (Wildman–Crippen MR) is 74.5 cm³/mol. The molecule has 0 aromatic heterocycles. The number of rotatable bonds is 2. The topological polar surface area (TPSA) is 58.4 Å². The first-order valence-electron chi connectivity index (χ1n) is 5.13. The third kappa shape index (κ3) is 4.07. The number of halogens is 2. The molecule has 1 saturated heterocycles. The van der Waals surface area contributed by atoms with Gasteiger partial charge < -0.3 is 16.0 Å². The van der Waals surface area contributed by atoms with Gasteiger partial charge in [0.05, 0.1) is 0 Å². The number of nitrogens with two attached hydrogens (primary N) is 1. The van der Waals surface area contributed by atoms with Crippen LogP contribution in [-0.4, -0.2) is 32.1 Å². The molecule has 4 nitrogen and oxygen atoms in total. The Labute approximate surface area is 113 Å². The van der Waals surface area contributed by atoms with Gasteiger partial charge in [0.15, 0.2) is 0 Å². The predicted octanol–water partition coefficient (Wildman–Crippen LogP) is 1.04. The van der Waals surface area contributed by atoms with Gasteiger partial charge in [-0.3, -0.25) is 4.79 Å². The van der Waals surface area contributed by atoms with Crippen molar-refractivity contribution >= 4 is 36.4 Å². The van der Waals surface area contributed by atoms with Crippen LogP contribution in [0, 0.1) is 0 Å². The number of piperazine rings is 1. The van der Waals surface area contributed by atoms with Crippen LogP contribution >= 0.6 is 24.8 Å². The van der Waals surface area contributed by atoms with Crippen molar-refractivity contribution in [2.24, 2.45) is 5.73 Å². The van der Waals surface area contributed by atoms with Crippen LogP contribution in [0.15, 0.2) is 24.3 Å². The molecule has 6 heteroatoms. The number of primary amides is 1. The maximum absolute atomic E-state index is 11.0. The van der Waals surface area contributed by atoms with Crippen LogP contribution in [0.1, 0.15) is 10.4 Å². The highest BCUT2D eigenvalue weighted by atomic mass is 35.5. The van der Waals surface area contributed by atoms with Crippen LogP contribution in [0.3, 0.4) is 0 Å². The van der Waals surface area contributed by atoms with E-state index in [4.69, 9.17) is 5.73 Å². The van der Waals surface area contributed by atoms with E-state index in [-0.39, 0.29) is 30.7 Å². The van der Waals surface area contributed by atoms with E-state index in [1.165, 1.54) is 0 Å². The summed E-state index contributed by atoms with van der Waals surface area (Å²) in [6.07, 6.45) is 0. The first kappa shape index (κ1) is 16.0. The van der Waals surface area contributed by atoms with Crippen molar-refractivity contribution in [2.45, 2.75) is 0 Å². The number of amides is 1. The number of hydrogen-bond acceptors (Lipinski definition) is 3. The first-order valence-corrected chi connectivity index (χ1v) is 5.13. The molecule has 2 rings (SSSR count). The lowest BCUT2D eigenvalue weighted by Crippen LogP contribution is -2.43. The zero-order chi connectivity index (χ0) is 10.7. The Balaban J connectivity index is 0.00000128. The summed E-state index contributed by atoms with van der Waals surface area (Å²) >= 11 is 0. The summed E-state index contributed by atoms with van der Waals surface area (Å²) in [5, 5.41) is 3.29. The Kier molecular flexibility index (Phi) is 6.95. The van der Waals surface area contributed by atoms with E-state index in [1.807, 2.05) is 18.2 Å². The van der Waals surface area contributed by atoms with E-state index in [0.29, 0.717) is 5.56 Å². The second-order valence-corrected chi connectivity index (χ2v) is 3.65. The summed E-state index contributed by atoms with van der Waals surface area (Å²) in [5.41, 5.74) is 6.89. The maximum atomic E-state index is 11.0. The molecule has 0 aliphatic carbocycles. The Hall–Kier alpha value is -0.970. The molecule has 17 heavy (non-hydrogen) atoms. The van der Waals surface area contributed by atoms with Gasteiger partial charge in [0, 0.05) is 37.4 Å². The van der Waals surface area contributed by atoms with E-state index in [0.717, 1.165) is 31.9 Å². The van der Waals surface area contributed by atoms with Crippen molar-refractivity contribution in [1.29, 1.82) is 0 Å². The molecule has 0 atom stereocenters. The standard InChI is InChI=1S/C11H15N3O.2ClH/c12-11(15)9-2-1-3-10(8-9)14-6-4-13-5-7-14;;/h1-3,8,13H,4-7H2,(H2,12,15);2*1H. The van der Waals surface area contributed by atoms with Gasteiger partial charge in [-0.2, -0.15) is 0 Å². The van der Waals surface area contributed by atoms with E-state index < -0.39 is 0 Å². The number of benzene rings is 1. The van der Waals surface area contributed by atoms with E-state index >= 15 is 0 Å². The third-order valence-corrected chi connectivity index (χ3v) is 2.61. The first-order chi connectivity index (χ1) is 7.27. The molecule has 3 N–H and O–H groups in total. The molecule has 1 amide bonds. The highest BCUT2D eigenvalue weighted by Crippen LogP contribution is 2.16. The molecular formula is C11H17Cl2N3O. The molecule has 0 radical (unpaired) electrons. The highest BCUT2D eigenvalue weighted by Gasteiger charge is 2.11. The molecule has 96 valence electrons. The molecular weight excluding hydrogens is 261 g/mol. The van der Waals surface area contributed by atoms with Crippen molar-refractivity contribution in [1.82, 2.24) is 5.32 Å². The molecule has 1 heterocycles. The summed E-state index contributed by atoms with van der Waals surface area (Å²) in [5.74, 6) is -0.369. The average molecular weight is 278 g/mol. The number of nitrogens with zero attached hydrogens (tertiary/aromatic N) is 1. The lowest BCUT2D eigenvalue weighted by atomic mass is 10.1. The largest absolute Gasteiger partial charge is 0.369 e. The average Bonchev–Trinajstić information content (AvgIpc) is 2.30. The van der Waals surface area contributed by atoms with E-state index in [9.17, 15) is 4.79 Å². The Bertz CT molecular complexity index is 367. The SMILES string of the molecule is Cl.Cl.NC(=O)c1cccc(N2CCNCC2)c1. The fourth-order valence-corrected chi connectivity index (χ4v) is 1.78. The number of hydrogen-bond donors (Lipinski definition) is 2. The molecule has 0 saturated carbocycles. The Morgan fingerprint density at radius 2 is 1.88 bits per heavy atom. The minimum absolute atomic E-state index is 0. The van der Waals surface area contributed by atoms with Crippen molar-refractivity contribution in [3.05, 3.63) is 29.8 Å². The summed E-state index contributed by atoms with van der Waals surface area (Å²) in [4.78, 5) is 13.3. The van der Waals surface area contributed by atoms with Crippen LogP contribution in [0.25, 0.3) is 0 Å². The van der Waals surface area contributed by atoms with Crippen molar-refractivity contribution in [3.63, 3.8) is 0 Å². The van der Waals surface area contributed by atoms with Gasteiger partial charge in [-0.15, -0.1) is 24.8 Å². The molecule has 0 bridgehead atoms. The molecule has 0 unspecified atom stereocenters. The van der Waals surface area contributed by atoms with Gasteiger partial charge in [-0.25, -0.2) is 0 Å². The minimum Gasteiger partial charge on any atom is -0.369 e. The van der Waals surface area contributed by atoms with Crippen LogP contribution in [-0.2, 0) is 0 Å². The lowest BCUT2D eigenvalue weighted by Gasteiger charge is -2.29. The zero-order valence-corrected chi connectivity index (χ0v) is 11.0. The quantitative estimate of drug-likeness (QED) is 0.849. The molecule has 1 aromatic rings. The van der Waals surface area contributed by atoms with Gasteiger partial charge in [0.25, 0.3) is 0 Å². The number of nitrogens with one attached hydrogen (secondary N) is 1. The summed E-state index contributed by atoms with van der Waals surface area (Å²) < 4.78 is 0. The second kappa shape index (κ2) is 7.37. The molecule has 1 aliphatic rings. The maximum Gasteiger partial charge on any atom is 0.248 e. The van der Waals surface area contributed by atoms with Crippen LogP contribution in [0.4, 0.5) is 5.69 Å². The van der Waals surface area contributed by atoms with Gasteiger partial charge in [0.1, 0.15) is 0 Å².